The summed E-state index contributed by atoms with van der Waals surface area (Å²) < 4.78 is 21.4. The van der Waals surface area contributed by atoms with Crippen molar-refractivity contribution in [1.29, 1.82) is 0 Å². The van der Waals surface area contributed by atoms with Crippen LogP contribution in [0.5, 0.6) is 40.2 Å². The SMILES string of the molecule is COc1cc(C=Cc2cc(OC)c(OC)c(OC)c2)cc(NC(=O)/C=C/c2ccc(O)c(O)c2)c1O. The molecule has 188 valence electrons. The lowest BCUT2D eigenvalue weighted by atomic mass is 10.1. The van der Waals surface area contributed by atoms with Gasteiger partial charge in [-0.05, 0) is 59.2 Å². The van der Waals surface area contributed by atoms with E-state index in [9.17, 15) is 20.1 Å². The molecule has 0 heterocycles. The fourth-order valence-corrected chi connectivity index (χ4v) is 3.36. The fourth-order valence-electron chi connectivity index (χ4n) is 3.36. The van der Waals surface area contributed by atoms with Crippen molar-refractivity contribution in [1.82, 2.24) is 0 Å². The fraction of sp³-hybridized carbons (Fsp3) is 0.148. The summed E-state index contributed by atoms with van der Waals surface area (Å²) in [7, 11) is 6.00. The number of anilines is 1. The van der Waals surface area contributed by atoms with E-state index in [4.69, 9.17) is 18.9 Å². The Morgan fingerprint density at radius 3 is 1.83 bits per heavy atom. The van der Waals surface area contributed by atoms with Gasteiger partial charge in [0.25, 0.3) is 0 Å². The number of ether oxygens (including phenoxy) is 4. The van der Waals surface area contributed by atoms with E-state index in [0.29, 0.717) is 28.4 Å². The molecule has 0 fully saturated rings. The molecule has 3 rings (SSSR count). The third kappa shape index (κ3) is 6.01. The molecule has 9 heteroatoms. The lowest BCUT2D eigenvalue weighted by Gasteiger charge is -2.13. The van der Waals surface area contributed by atoms with Crippen molar-refractivity contribution < 1.29 is 39.1 Å². The molecule has 1 amide bonds. The monoisotopic (exact) mass is 493 g/mol. The highest BCUT2D eigenvalue weighted by atomic mass is 16.5. The van der Waals surface area contributed by atoms with Gasteiger partial charge in [-0.1, -0.05) is 18.2 Å². The van der Waals surface area contributed by atoms with Gasteiger partial charge in [0.1, 0.15) is 0 Å². The number of carbonyl (C=O) groups is 1. The zero-order chi connectivity index (χ0) is 26.2. The summed E-state index contributed by atoms with van der Waals surface area (Å²) in [5.41, 5.74) is 2.05. The summed E-state index contributed by atoms with van der Waals surface area (Å²) >= 11 is 0. The molecule has 3 aromatic carbocycles. The van der Waals surface area contributed by atoms with Crippen LogP contribution in [0.3, 0.4) is 0 Å². The number of nitrogens with one attached hydrogen (secondary N) is 1. The largest absolute Gasteiger partial charge is 0.504 e. The minimum atomic E-state index is -0.523. The van der Waals surface area contributed by atoms with Gasteiger partial charge in [-0.25, -0.2) is 0 Å². The summed E-state index contributed by atoms with van der Waals surface area (Å²) in [5, 5.41) is 32.1. The Balaban J connectivity index is 1.86. The van der Waals surface area contributed by atoms with Gasteiger partial charge < -0.3 is 39.6 Å². The Bertz CT molecular complexity index is 1290. The maximum atomic E-state index is 12.5. The van der Waals surface area contributed by atoms with Crippen LogP contribution in [0.15, 0.2) is 48.5 Å². The molecular formula is C27H27NO8. The van der Waals surface area contributed by atoms with Crippen LogP contribution in [0.1, 0.15) is 16.7 Å². The Kier molecular flexibility index (Phi) is 8.30. The average molecular weight is 494 g/mol. The first-order chi connectivity index (χ1) is 17.3. The van der Waals surface area contributed by atoms with Crippen molar-refractivity contribution in [2.75, 3.05) is 33.8 Å². The third-order valence-corrected chi connectivity index (χ3v) is 5.16. The number of phenolic OH excluding ortho intramolecular Hbond substituents is 3. The molecule has 0 radical (unpaired) electrons. The van der Waals surface area contributed by atoms with Crippen molar-refractivity contribution in [3.63, 3.8) is 0 Å². The van der Waals surface area contributed by atoms with Crippen LogP contribution in [0.25, 0.3) is 18.2 Å². The predicted molar refractivity (Wildman–Crippen MR) is 137 cm³/mol. The summed E-state index contributed by atoms with van der Waals surface area (Å²) in [4.78, 5) is 12.5. The maximum absolute atomic E-state index is 12.5. The number of rotatable bonds is 9. The Hall–Kier alpha value is -4.79. The number of methoxy groups -OCH3 is 4. The lowest BCUT2D eigenvalue weighted by Crippen LogP contribution is -2.08. The van der Waals surface area contributed by atoms with Crippen LogP contribution >= 0.6 is 0 Å². The smallest absolute Gasteiger partial charge is 0.248 e. The lowest BCUT2D eigenvalue weighted by molar-refractivity contribution is -0.111. The molecule has 0 aliphatic heterocycles. The third-order valence-electron chi connectivity index (χ3n) is 5.16. The van der Waals surface area contributed by atoms with Crippen LogP contribution in [-0.2, 0) is 4.79 Å². The van der Waals surface area contributed by atoms with Crippen LogP contribution in [0.4, 0.5) is 5.69 Å². The van der Waals surface area contributed by atoms with E-state index in [-0.39, 0.29) is 28.7 Å². The molecule has 0 unspecified atom stereocenters. The van der Waals surface area contributed by atoms with Crippen LogP contribution in [-0.4, -0.2) is 49.7 Å². The van der Waals surface area contributed by atoms with E-state index < -0.39 is 5.91 Å². The molecule has 0 saturated heterocycles. The minimum Gasteiger partial charge on any atom is -0.504 e. The second-order valence-electron chi connectivity index (χ2n) is 7.48. The maximum Gasteiger partial charge on any atom is 0.248 e. The Morgan fingerprint density at radius 2 is 1.28 bits per heavy atom. The Labute approximate surface area is 208 Å². The van der Waals surface area contributed by atoms with Crippen molar-refractivity contribution in [3.8, 4) is 40.2 Å². The van der Waals surface area contributed by atoms with E-state index in [1.54, 1.807) is 36.4 Å². The van der Waals surface area contributed by atoms with Gasteiger partial charge in [0, 0.05) is 6.08 Å². The first kappa shape index (κ1) is 25.8. The summed E-state index contributed by atoms with van der Waals surface area (Å²) in [6, 6.07) is 10.9. The number of amides is 1. The van der Waals surface area contributed by atoms with E-state index in [0.717, 1.165) is 5.56 Å². The van der Waals surface area contributed by atoms with Crippen LogP contribution < -0.4 is 24.3 Å². The van der Waals surface area contributed by atoms with Gasteiger partial charge in [0.05, 0.1) is 34.1 Å². The molecule has 0 bridgehead atoms. The van der Waals surface area contributed by atoms with Gasteiger partial charge >= 0.3 is 0 Å². The number of hydrogen-bond donors (Lipinski definition) is 4. The number of phenols is 3. The van der Waals surface area contributed by atoms with Gasteiger partial charge in [-0.3, -0.25) is 4.79 Å². The van der Waals surface area contributed by atoms with Crippen molar-refractivity contribution >= 4 is 29.8 Å². The molecule has 0 spiro atoms. The molecule has 0 aliphatic rings. The molecule has 3 aromatic rings. The summed E-state index contributed by atoms with van der Waals surface area (Å²) in [6.45, 7) is 0. The summed E-state index contributed by atoms with van der Waals surface area (Å²) in [5.74, 6) is 0.338. The molecule has 0 aromatic heterocycles. The molecule has 36 heavy (non-hydrogen) atoms. The second kappa shape index (κ2) is 11.6. The van der Waals surface area contributed by atoms with Crippen molar-refractivity contribution in [3.05, 3.63) is 65.2 Å². The van der Waals surface area contributed by atoms with E-state index in [1.807, 2.05) is 0 Å². The number of carbonyl (C=O) groups excluding carboxylic acids is 1. The quantitative estimate of drug-likeness (QED) is 0.193. The van der Waals surface area contributed by atoms with Gasteiger partial charge in [0.2, 0.25) is 11.7 Å². The van der Waals surface area contributed by atoms with E-state index in [2.05, 4.69) is 5.32 Å². The zero-order valence-corrected chi connectivity index (χ0v) is 20.2. The number of benzene rings is 3. The number of hydrogen-bond acceptors (Lipinski definition) is 8. The number of aromatic hydroxyl groups is 3. The van der Waals surface area contributed by atoms with Crippen molar-refractivity contribution in [2.24, 2.45) is 0 Å². The van der Waals surface area contributed by atoms with E-state index in [1.165, 1.54) is 58.8 Å². The average Bonchev–Trinajstić information content (AvgIpc) is 2.88. The van der Waals surface area contributed by atoms with Gasteiger partial charge in [0.15, 0.2) is 34.5 Å². The first-order valence-corrected chi connectivity index (χ1v) is 10.7. The van der Waals surface area contributed by atoms with Crippen LogP contribution in [0.2, 0.25) is 0 Å². The molecule has 4 N–H and O–H groups in total. The standard InChI is InChI=1S/C27H27NO8/c1-33-22-13-17(5-6-18-14-23(34-2)27(36-4)24(15-18)35-3)11-19(26(22)32)28-25(31)10-8-16-7-9-20(29)21(30)12-16/h5-15,29-30,32H,1-4H3,(H,28,31)/b6-5?,10-8+. The normalized spacial score (nSPS) is 11.0. The molecule has 0 atom stereocenters. The highest BCUT2D eigenvalue weighted by Gasteiger charge is 2.14. The highest BCUT2D eigenvalue weighted by molar-refractivity contribution is 6.03. The Morgan fingerprint density at radius 1 is 0.694 bits per heavy atom. The molecule has 9 nitrogen and oxygen atoms in total. The molecule has 0 aliphatic carbocycles. The second-order valence-corrected chi connectivity index (χ2v) is 7.48. The van der Waals surface area contributed by atoms with Gasteiger partial charge in [-0.2, -0.15) is 0 Å². The summed E-state index contributed by atoms with van der Waals surface area (Å²) in [6.07, 6.45) is 6.26. The zero-order valence-electron chi connectivity index (χ0n) is 20.2. The minimum absolute atomic E-state index is 0.141. The molecular weight excluding hydrogens is 466 g/mol. The van der Waals surface area contributed by atoms with Crippen LogP contribution in [0, 0.1) is 0 Å². The predicted octanol–water partition coefficient (Wildman–Crippen LogP) is 4.66. The van der Waals surface area contributed by atoms with Crippen molar-refractivity contribution in [2.45, 2.75) is 0 Å². The molecule has 0 saturated carbocycles. The van der Waals surface area contributed by atoms with E-state index >= 15 is 0 Å². The highest BCUT2D eigenvalue weighted by Crippen LogP contribution is 2.39. The first-order valence-electron chi connectivity index (χ1n) is 10.7. The van der Waals surface area contributed by atoms with Gasteiger partial charge in [-0.15, -0.1) is 0 Å². The topological polar surface area (TPSA) is 127 Å².